The van der Waals surface area contributed by atoms with Gasteiger partial charge in [0.1, 0.15) is 5.82 Å². The zero-order valence-electron chi connectivity index (χ0n) is 15.4. The molecular weight excluding hydrogens is 280 g/mol. The Morgan fingerprint density at radius 1 is 0.739 bits per heavy atom. The summed E-state index contributed by atoms with van der Waals surface area (Å²) in [4.78, 5) is 4.04. The van der Waals surface area contributed by atoms with Gasteiger partial charge >= 0.3 is 0 Å². The van der Waals surface area contributed by atoms with Gasteiger partial charge in [0.25, 0.3) is 0 Å². The summed E-state index contributed by atoms with van der Waals surface area (Å²) in [5, 5.41) is 0. The zero-order valence-corrected chi connectivity index (χ0v) is 15.4. The maximum Gasteiger partial charge on any atom is 0.123 e. The Morgan fingerprint density at radius 3 is 1.70 bits per heavy atom. The molecule has 0 saturated carbocycles. The third-order valence-electron chi connectivity index (χ3n) is 4.66. The molecule has 1 heterocycles. The first-order chi connectivity index (χ1) is 11.3. The molecule has 0 aromatic carbocycles. The highest BCUT2D eigenvalue weighted by molar-refractivity contribution is 5.31. The average molecular weight is 319 g/mol. The number of hydrogen-bond donors (Lipinski definition) is 1. The molecule has 2 heteroatoms. The van der Waals surface area contributed by atoms with Crippen molar-refractivity contribution in [3.63, 3.8) is 0 Å². The van der Waals surface area contributed by atoms with Crippen molar-refractivity contribution in [3.05, 3.63) is 23.9 Å². The first-order valence-corrected chi connectivity index (χ1v) is 10.0. The van der Waals surface area contributed by atoms with E-state index in [2.05, 4.69) is 18.0 Å². The van der Waals surface area contributed by atoms with Crippen LogP contribution >= 0.6 is 0 Å². The molecule has 0 radical (unpaired) electrons. The maximum atomic E-state index is 5.70. The molecule has 0 aliphatic carbocycles. The van der Waals surface area contributed by atoms with Crippen molar-refractivity contribution in [1.29, 1.82) is 0 Å². The van der Waals surface area contributed by atoms with Gasteiger partial charge in [-0.15, -0.1) is 0 Å². The average Bonchev–Trinajstić information content (AvgIpc) is 2.55. The Bertz CT molecular complexity index is 376. The number of nitrogens with zero attached hydrogens (tertiary/aromatic N) is 1. The Labute approximate surface area is 144 Å². The van der Waals surface area contributed by atoms with Crippen LogP contribution in [0.4, 0.5) is 5.82 Å². The van der Waals surface area contributed by atoms with Crippen molar-refractivity contribution < 1.29 is 0 Å². The number of rotatable bonds is 15. The Morgan fingerprint density at radius 2 is 1.22 bits per heavy atom. The predicted octanol–water partition coefficient (Wildman–Crippen LogP) is 6.69. The van der Waals surface area contributed by atoms with Crippen LogP contribution in [0.15, 0.2) is 18.3 Å². The molecule has 0 unspecified atom stereocenters. The molecular formula is C21H38N2. The van der Waals surface area contributed by atoms with Crippen LogP contribution in [0.25, 0.3) is 0 Å². The normalized spacial score (nSPS) is 11.0. The fraction of sp³-hybridized carbons (Fsp3) is 0.762. The van der Waals surface area contributed by atoms with Gasteiger partial charge in [-0.25, -0.2) is 4.98 Å². The smallest absolute Gasteiger partial charge is 0.123 e. The Kier molecular flexibility index (Phi) is 12.6. The van der Waals surface area contributed by atoms with E-state index < -0.39 is 0 Å². The maximum absolute atomic E-state index is 5.70. The topological polar surface area (TPSA) is 38.9 Å². The Balaban J connectivity index is 1.78. The molecule has 2 N–H and O–H groups in total. The molecule has 2 nitrogen and oxygen atoms in total. The lowest BCUT2D eigenvalue weighted by atomic mass is 10.0. The number of nitrogens with two attached hydrogens (primary N) is 1. The van der Waals surface area contributed by atoms with Crippen LogP contribution in [-0.2, 0) is 6.42 Å². The van der Waals surface area contributed by atoms with Crippen LogP contribution in [0.5, 0.6) is 0 Å². The number of unbranched alkanes of at least 4 members (excludes halogenated alkanes) is 13. The highest BCUT2D eigenvalue weighted by Crippen LogP contribution is 2.14. The van der Waals surface area contributed by atoms with Crippen LogP contribution in [0.2, 0.25) is 0 Å². The highest BCUT2D eigenvalue weighted by atomic mass is 14.8. The summed E-state index contributed by atoms with van der Waals surface area (Å²) in [6.45, 7) is 2.29. The van der Waals surface area contributed by atoms with Crippen LogP contribution in [0, 0.1) is 0 Å². The van der Waals surface area contributed by atoms with Gasteiger partial charge in [-0.2, -0.15) is 0 Å². The summed E-state index contributed by atoms with van der Waals surface area (Å²) in [6, 6.07) is 4.08. The molecule has 0 aliphatic heterocycles. The van der Waals surface area contributed by atoms with Crippen molar-refractivity contribution in [2.45, 2.75) is 103 Å². The van der Waals surface area contributed by atoms with Gasteiger partial charge in [0.15, 0.2) is 0 Å². The van der Waals surface area contributed by atoms with Gasteiger partial charge < -0.3 is 5.73 Å². The quantitative estimate of drug-likeness (QED) is 0.366. The van der Waals surface area contributed by atoms with Crippen molar-refractivity contribution in [2.75, 3.05) is 5.73 Å². The number of aromatic nitrogens is 1. The van der Waals surface area contributed by atoms with Gasteiger partial charge in [-0.3, -0.25) is 0 Å². The largest absolute Gasteiger partial charge is 0.384 e. The van der Waals surface area contributed by atoms with E-state index in [-0.39, 0.29) is 0 Å². The molecule has 1 aromatic heterocycles. The van der Waals surface area contributed by atoms with Crippen molar-refractivity contribution >= 4 is 5.82 Å². The number of nitrogen functional groups attached to an aromatic ring is 1. The minimum Gasteiger partial charge on any atom is -0.384 e. The second kappa shape index (κ2) is 14.5. The van der Waals surface area contributed by atoms with Crippen LogP contribution in [0.3, 0.4) is 0 Å². The highest BCUT2D eigenvalue weighted by Gasteiger charge is 1.96. The SMILES string of the molecule is CCCCCCCCCCCCCCCCc1ccnc(N)c1. The van der Waals surface area contributed by atoms with E-state index in [9.17, 15) is 0 Å². The van der Waals surface area contributed by atoms with Crippen LogP contribution < -0.4 is 5.73 Å². The molecule has 0 bridgehead atoms. The van der Waals surface area contributed by atoms with Gasteiger partial charge in [0.2, 0.25) is 0 Å². The van der Waals surface area contributed by atoms with E-state index in [0.29, 0.717) is 5.82 Å². The fourth-order valence-corrected chi connectivity index (χ4v) is 3.17. The molecule has 23 heavy (non-hydrogen) atoms. The third kappa shape index (κ3) is 12.1. The van der Waals surface area contributed by atoms with Gasteiger partial charge in [-0.05, 0) is 30.5 Å². The van der Waals surface area contributed by atoms with Gasteiger partial charge in [0.05, 0.1) is 0 Å². The molecule has 0 aliphatic rings. The van der Waals surface area contributed by atoms with Crippen LogP contribution in [-0.4, -0.2) is 4.98 Å². The summed E-state index contributed by atoms with van der Waals surface area (Å²) in [7, 11) is 0. The first-order valence-electron chi connectivity index (χ1n) is 10.0. The summed E-state index contributed by atoms with van der Waals surface area (Å²) < 4.78 is 0. The van der Waals surface area contributed by atoms with E-state index in [4.69, 9.17) is 5.73 Å². The number of pyridine rings is 1. The molecule has 0 atom stereocenters. The van der Waals surface area contributed by atoms with Gasteiger partial charge in [-0.1, -0.05) is 90.4 Å². The lowest BCUT2D eigenvalue weighted by Gasteiger charge is -2.04. The van der Waals surface area contributed by atoms with E-state index in [0.717, 1.165) is 6.42 Å². The summed E-state index contributed by atoms with van der Waals surface area (Å²) in [5.41, 5.74) is 7.03. The molecule has 0 fully saturated rings. The molecule has 132 valence electrons. The molecule has 1 aromatic rings. The lowest BCUT2D eigenvalue weighted by Crippen LogP contribution is -1.92. The molecule has 0 spiro atoms. The summed E-state index contributed by atoms with van der Waals surface area (Å²) in [6.07, 6.45) is 22.8. The molecule has 0 saturated heterocycles. The van der Waals surface area contributed by atoms with Crippen molar-refractivity contribution in [3.8, 4) is 0 Å². The van der Waals surface area contributed by atoms with E-state index in [1.807, 2.05) is 12.3 Å². The summed E-state index contributed by atoms with van der Waals surface area (Å²) in [5.74, 6) is 0.646. The van der Waals surface area contributed by atoms with E-state index in [1.165, 1.54) is 95.5 Å². The fourth-order valence-electron chi connectivity index (χ4n) is 3.17. The molecule has 0 amide bonds. The molecule has 1 rings (SSSR count). The second-order valence-electron chi connectivity index (χ2n) is 6.94. The number of anilines is 1. The zero-order chi connectivity index (χ0) is 16.6. The van der Waals surface area contributed by atoms with Crippen molar-refractivity contribution in [1.82, 2.24) is 4.98 Å². The van der Waals surface area contributed by atoms with E-state index >= 15 is 0 Å². The minimum atomic E-state index is 0.646. The summed E-state index contributed by atoms with van der Waals surface area (Å²) >= 11 is 0. The van der Waals surface area contributed by atoms with Crippen molar-refractivity contribution in [2.24, 2.45) is 0 Å². The first kappa shape index (κ1) is 20.0. The monoisotopic (exact) mass is 318 g/mol. The standard InChI is InChI=1S/C21H38N2/c1-2-3-4-5-6-7-8-9-10-11-12-13-14-15-16-20-17-18-23-21(22)19-20/h17-19H,2-16H2,1H3,(H2,22,23). The minimum absolute atomic E-state index is 0.646. The van der Waals surface area contributed by atoms with Crippen LogP contribution in [0.1, 0.15) is 102 Å². The lowest BCUT2D eigenvalue weighted by molar-refractivity contribution is 0.535. The number of hydrogen-bond acceptors (Lipinski definition) is 2. The van der Waals surface area contributed by atoms with Gasteiger partial charge in [0, 0.05) is 6.20 Å². The number of aryl methyl sites for hydroxylation is 1. The Hall–Kier alpha value is -1.05. The van der Waals surface area contributed by atoms with E-state index in [1.54, 1.807) is 0 Å². The third-order valence-corrected chi connectivity index (χ3v) is 4.66. The predicted molar refractivity (Wildman–Crippen MR) is 103 cm³/mol. The second-order valence-corrected chi connectivity index (χ2v) is 6.94.